The summed E-state index contributed by atoms with van der Waals surface area (Å²) in [6.45, 7) is 4.04. The van der Waals surface area contributed by atoms with Gasteiger partial charge in [0.1, 0.15) is 12.3 Å². The Kier molecular flexibility index (Phi) is 5.88. The number of hydrogen-bond donors (Lipinski definition) is 1. The number of amides is 3. The number of nitrogens with one attached hydrogen (secondary N) is 1. The molecule has 2 saturated heterocycles. The maximum Gasteiger partial charge on any atom is 0.249 e. The Bertz CT molecular complexity index is 741. The molecule has 2 heterocycles. The number of aldehydes is 1. The maximum absolute atomic E-state index is 12.0. The minimum atomic E-state index is -0.610. The highest BCUT2D eigenvalue weighted by molar-refractivity contribution is 6.00. The summed E-state index contributed by atoms with van der Waals surface area (Å²) in [4.78, 5) is 49.5. The largest absolute Gasteiger partial charge is 0.371 e. The van der Waals surface area contributed by atoms with Crippen molar-refractivity contribution in [2.24, 2.45) is 5.92 Å². The summed E-state index contributed by atoms with van der Waals surface area (Å²) in [5.74, 6) is -0.539. The predicted octanol–water partition coefficient (Wildman–Crippen LogP) is 1.17. The molecule has 0 radical (unpaired) electrons. The summed E-state index contributed by atoms with van der Waals surface area (Å²) in [6.07, 6.45) is 4.07. The van der Waals surface area contributed by atoms with E-state index >= 15 is 0 Å². The van der Waals surface area contributed by atoms with Gasteiger partial charge in [-0.2, -0.15) is 0 Å². The summed E-state index contributed by atoms with van der Waals surface area (Å²) in [5, 5.41) is 2.30. The molecule has 0 saturated carbocycles. The minimum Gasteiger partial charge on any atom is -0.371 e. The molecule has 0 spiro atoms. The summed E-state index contributed by atoms with van der Waals surface area (Å²) >= 11 is 0. The Hall–Kier alpha value is -2.70. The van der Waals surface area contributed by atoms with Gasteiger partial charge in [-0.05, 0) is 49.4 Å². The highest BCUT2D eigenvalue weighted by Gasteiger charge is 2.31. The molecule has 1 aromatic rings. The standard InChI is InChI=1S/C20H25N3O4/c1-14-10-17(22-8-6-15(12-24)7-9-22)3-2-16(14)11-23(13-25)18-4-5-19(26)21-20(18)27/h2-3,10,12-13,15,18H,4-9,11H2,1H3,(H,21,26,27). The van der Waals surface area contributed by atoms with Crippen molar-refractivity contribution in [2.75, 3.05) is 18.0 Å². The highest BCUT2D eigenvalue weighted by atomic mass is 16.2. The highest BCUT2D eigenvalue weighted by Crippen LogP contribution is 2.25. The van der Waals surface area contributed by atoms with Gasteiger partial charge in [-0.1, -0.05) is 6.07 Å². The van der Waals surface area contributed by atoms with Crippen LogP contribution in [0.3, 0.4) is 0 Å². The number of imide groups is 1. The third-order valence-electron chi connectivity index (χ3n) is 5.52. The number of carbonyl (C=O) groups excluding carboxylic acids is 4. The van der Waals surface area contributed by atoms with Crippen molar-refractivity contribution in [3.05, 3.63) is 29.3 Å². The Labute approximate surface area is 158 Å². The number of piperidine rings is 2. The van der Waals surface area contributed by atoms with Crippen LogP contribution in [0.1, 0.15) is 36.8 Å². The van der Waals surface area contributed by atoms with Gasteiger partial charge in [0.2, 0.25) is 18.2 Å². The fourth-order valence-electron chi connectivity index (χ4n) is 3.76. The van der Waals surface area contributed by atoms with Crippen LogP contribution in [0, 0.1) is 12.8 Å². The maximum atomic E-state index is 12.0. The van der Waals surface area contributed by atoms with Gasteiger partial charge in [-0.3, -0.25) is 19.7 Å². The Morgan fingerprint density at radius 1 is 1.19 bits per heavy atom. The number of carbonyl (C=O) groups is 4. The molecular weight excluding hydrogens is 346 g/mol. The van der Waals surface area contributed by atoms with Crippen molar-refractivity contribution in [3.8, 4) is 0 Å². The molecule has 0 bridgehead atoms. The number of anilines is 1. The van der Waals surface area contributed by atoms with E-state index in [9.17, 15) is 19.2 Å². The van der Waals surface area contributed by atoms with Crippen molar-refractivity contribution in [1.29, 1.82) is 0 Å². The third kappa shape index (κ3) is 4.35. The van der Waals surface area contributed by atoms with Crippen molar-refractivity contribution in [3.63, 3.8) is 0 Å². The first-order chi connectivity index (χ1) is 13.0. The Balaban J connectivity index is 1.68. The van der Waals surface area contributed by atoms with Gasteiger partial charge in [0.25, 0.3) is 0 Å². The molecule has 2 fully saturated rings. The minimum absolute atomic E-state index is 0.163. The van der Waals surface area contributed by atoms with Crippen LogP contribution in [-0.4, -0.2) is 48.5 Å². The third-order valence-corrected chi connectivity index (χ3v) is 5.52. The molecule has 1 atom stereocenters. The SMILES string of the molecule is Cc1cc(N2CCC(C=O)CC2)ccc1CN(C=O)C1CCC(=O)NC1=O. The van der Waals surface area contributed by atoms with Crippen LogP contribution in [0.25, 0.3) is 0 Å². The second-order valence-corrected chi connectivity index (χ2v) is 7.32. The van der Waals surface area contributed by atoms with E-state index in [0.717, 1.165) is 49.0 Å². The van der Waals surface area contributed by atoms with Gasteiger partial charge in [0.05, 0.1) is 0 Å². The molecule has 144 valence electrons. The van der Waals surface area contributed by atoms with E-state index in [2.05, 4.69) is 16.3 Å². The number of nitrogens with zero attached hydrogens (tertiary/aromatic N) is 2. The zero-order chi connectivity index (χ0) is 19.4. The first kappa shape index (κ1) is 19.1. The van der Waals surface area contributed by atoms with E-state index in [1.807, 2.05) is 19.1 Å². The zero-order valence-electron chi connectivity index (χ0n) is 15.5. The van der Waals surface area contributed by atoms with Gasteiger partial charge < -0.3 is 14.6 Å². The fourth-order valence-corrected chi connectivity index (χ4v) is 3.76. The lowest BCUT2D eigenvalue weighted by atomic mass is 9.97. The van der Waals surface area contributed by atoms with E-state index in [4.69, 9.17) is 0 Å². The second kappa shape index (κ2) is 8.33. The monoisotopic (exact) mass is 371 g/mol. The zero-order valence-corrected chi connectivity index (χ0v) is 15.5. The van der Waals surface area contributed by atoms with E-state index in [0.29, 0.717) is 19.4 Å². The molecule has 7 heteroatoms. The lowest BCUT2D eigenvalue weighted by molar-refractivity contribution is -0.141. The summed E-state index contributed by atoms with van der Waals surface area (Å²) in [7, 11) is 0. The van der Waals surface area contributed by atoms with Crippen LogP contribution >= 0.6 is 0 Å². The van der Waals surface area contributed by atoms with Crippen LogP contribution in [0.5, 0.6) is 0 Å². The summed E-state index contributed by atoms with van der Waals surface area (Å²) in [5.41, 5.74) is 3.13. The lowest BCUT2D eigenvalue weighted by Crippen LogP contribution is -2.51. The molecule has 7 nitrogen and oxygen atoms in total. The van der Waals surface area contributed by atoms with E-state index in [1.54, 1.807) is 0 Å². The first-order valence-corrected chi connectivity index (χ1v) is 9.36. The fraction of sp³-hybridized carbons (Fsp3) is 0.500. The molecule has 2 aliphatic heterocycles. The molecule has 3 amide bonds. The second-order valence-electron chi connectivity index (χ2n) is 7.32. The van der Waals surface area contributed by atoms with Gasteiger partial charge >= 0.3 is 0 Å². The van der Waals surface area contributed by atoms with Crippen molar-refractivity contribution < 1.29 is 19.2 Å². The van der Waals surface area contributed by atoms with Crippen molar-refractivity contribution >= 4 is 30.2 Å². The van der Waals surface area contributed by atoms with E-state index < -0.39 is 11.9 Å². The first-order valence-electron chi connectivity index (χ1n) is 9.36. The molecule has 0 aromatic heterocycles. The Morgan fingerprint density at radius 3 is 2.52 bits per heavy atom. The quantitative estimate of drug-likeness (QED) is 0.599. The van der Waals surface area contributed by atoms with Crippen LogP contribution in [0.15, 0.2) is 18.2 Å². The molecule has 27 heavy (non-hydrogen) atoms. The number of hydrogen-bond acceptors (Lipinski definition) is 5. The molecule has 1 aromatic carbocycles. The van der Waals surface area contributed by atoms with Crippen molar-refractivity contribution in [2.45, 2.75) is 45.2 Å². The topological polar surface area (TPSA) is 86.8 Å². The van der Waals surface area contributed by atoms with Gasteiger partial charge in [-0.25, -0.2) is 0 Å². The number of benzene rings is 1. The molecule has 3 rings (SSSR count). The van der Waals surface area contributed by atoms with Gasteiger partial charge in [0, 0.05) is 37.7 Å². The predicted molar refractivity (Wildman–Crippen MR) is 100.0 cm³/mol. The normalized spacial score (nSPS) is 20.9. The van der Waals surface area contributed by atoms with Crippen molar-refractivity contribution in [1.82, 2.24) is 10.2 Å². The van der Waals surface area contributed by atoms with Crippen LogP contribution in [0.4, 0.5) is 5.69 Å². The Morgan fingerprint density at radius 2 is 1.93 bits per heavy atom. The average Bonchev–Trinajstić information content (AvgIpc) is 2.68. The van der Waals surface area contributed by atoms with Crippen LogP contribution < -0.4 is 10.2 Å². The van der Waals surface area contributed by atoms with E-state index in [1.165, 1.54) is 4.90 Å². The summed E-state index contributed by atoms with van der Waals surface area (Å²) in [6, 6.07) is 5.49. The molecule has 2 aliphatic rings. The van der Waals surface area contributed by atoms with Gasteiger partial charge in [-0.15, -0.1) is 0 Å². The molecule has 0 aliphatic carbocycles. The molecular formula is C20H25N3O4. The van der Waals surface area contributed by atoms with Crippen LogP contribution in [0.2, 0.25) is 0 Å². The summed E-state index contributed by atoms with van der Waals surface area (Å²) < 4.78 is 0. The lowest BCUT2D eigenvalue weighted by Gasteiger charge is -2.33. The average molecular weight is 371 g/mol. The number of rotatable bonds is 6. The molecule has 1 N–H and O–H groups in total. The van der Waals surface area contributed by atoms with Crippen LogP contribution in [-0.2, 0) is 25.7 Å². The molecule has 1 unspecified atom stereocenters. The smallest absolute Gasteiger partial charge is 0.249 e. The van der Waals surface area contributed by atoms with E-state index in [-0.39, 0.29) is 18.2 Å². The number of aryl methyl sites for hydroxylation is 1. The van der Waals surface area contributed by atoms with Gasteiger partial charge in [0.15, 0.2) is 0 Å².